The van der Waals surface area contributed by atoms with E-state index in [1.54, 1.807) is 36.4 Å². The maximum atomic E-state index is 12.8. The molecule has 0 saturated carbocycles. The second-order valence-electron chi connectivity index (χ2n) is 8.25. The number of hydrogen-bond acceptors (Lipinski definition) is 4. The molecule has 0 fully saturated rings. The standard InChI is InChI=1S/C30H27NO5/c32-29(24-15-17-26(18-16-24)35-20-22-9-3-1-4-10-22)31-27(30(33)34)19-25-13-7-8-14-28(25)36-21-23-11-5-2-6-12-23/h1-18,27H,19-21H2,(H,31,32)(H,33,34)/t27-/m0/s1. The third kappa shape index (κ3) is 6.96. The number of hydrogen-bond donors (Lipinski definition) is 2. The van der Waals surface area contributed by atoms with Gasteiger partial charge in [0.1, 0.15) is 30.8 Å². The van der Waals surface area contributed by atoms with E-state index in [-0.39, 0.29) is 6.42 Å². The van der Waals surface area contributed by atoms with Crippen molar-refractivity contribution in [3.05, 3.63) is 131 Å². The maximum Gasteiger partial charge on any atom is 0.326 e. The van der Waals surface area contributed by atoms with Gasteiger partial charge in [-0.15, -0.1) is 0 Å². The summed E-state index contributed by atoms with van der Waals surface area (Å²) in [5.74, 6) is -0.389. The highest BCUT2D eigenvalue weighted by Gasteiger charge is 2.23. The summed E-state index contributed by atoms with van der Waals surface area (Å²) in [6.45, 7) is 0.778. The molecule has 4 aromatic carbocycles. The zero-order valence-corrected chi connectivity index (χ0v) is 19.7. The van der Waals surface area contributed by atoms with Gasteiger partial charge in [0.05, 0.1) is 0 Å². The molecule has 2 N–H and O–H groups in total. The maximum absolute atomic E-state index is 12.8. The molecule has 0 aliphatic heterocycles. The van der Waals surface area contributed by atoms with E-state index in [9.17, 15) is 14.7 Å². The fourth-order valence-electron chi connectivity index (χ4n) is 3.65. The minimum atomic E-state index is -1.12. The Labute approximate surface area is 210 Å². The number of nitrogens with one attached hydrogen (secondary N) is 1. The van der Waals surface area contributed by atoms with E-state index in [0.29, 0.717) is 35.8 Å². The smallest absolute Gasteiger partial charge is 0.326 e. The van der Waals surface area contributed by atoms with Crippen LogP contribution in [0, 0.1) is 0 Å². The van der Waals surface area contributed by atoms with Gasteiger partial charge in [0, 0.05) is 12.0 Å². The minimum Gasteiger partial charge on any atom is -0.489 e. The van der Waals surface area contributed by atoms with Crippen molar-refractivity contribution < 1.29 is 24.2 Å². The number of amides is 1. The van der Waals surface area contributed by atoms with E-state index in [1.807, 2.05) is 72.8 Å². The van der Waals surface area contributed by atoms with Gasteiger partial charge < -0.3 is 19.9 Å². The number of carbonyl (C=O) groups excluding carboxylic acids is 1. The van der Waals surface area contributed by atoms with E-state index in [2.05, 4.69) is 5.32 Å². The van der Waals surface area contributed by atoms with E-state index in [0.717, 1.165) is 11.1 Å². The molecule has 182 valence electrons. The van der Waals surface area contributed by atoms with Gasteiger partial charge in [-0.3, -0.25) is 4.79 Å². The summed E-state index contributed by atoms with van der Waals surface area (Å²) in [6, 6.07) is 32.3. The van der Waals surface area contributed by atoms with Crippen LogP contribution in [0.25, 0.3) is 0 Å². The van der Waals surface area contributed by atoms with Crippen molar-refractivity contribution in [1.82, 2.24) is 5.32 Å². The third-order valence-corrected chi connectivity index (χ3v) is 5.60. The Balaban J connectivity index is 1.37. The lowest BCUT2D eigenvalue weighted by atomic mass is 10.0. The normalized spacial score (nSPS) is 11.3. The van der Waals surface area contributed by atoms with Crippen LogP contribution in [0.3, 0.4) is 0 Å². The summed E-state index contributed by atoms with van der Waals surface area (Å²) in [5, 5.41) is 12.4. The van der Waals surface area contributed by atoms with Crippen molar-refractivity contribution in [2.24, 2.45) is 0 Å². The number of aliphatic carboxylic acids is 1. The highest BCUT2D eigenvalue weighted by atomic mass is 16.5. The predicted molar refractivity (Wildman–Crippen MR) is 137 cm³/mol. The zero-order valence-electron chi connectivity index (χ0n) is 19.7. The first-order chi connectivity index (χ1) is 17.6. The molecule has 0 bridgehead atoms. The third-order valence-electron chi connectivity index (χ3n) is 5.60. The Hall–Kier alpha value is -4.58. The molecule has 6 heteroatoms. The molecule has 0 spiro atoms. The Kier molecular flexibility index (Phi) is 8.33. The number of para-hydroxylation sites is 1. The van der Waals surface area contributed by atoms with Crippen LogP contribution in [0.1, 0.15) is 27.0 Å². The van der Waals surface area contributed by atoms with Crippen molar-refractivity contribution in [1.29, 1.82) is 0 Å². The molecule has 0 unspecified atom stereocenters. The van der Waals surface area contributed by atoms with E-state index in [4.69, 9.17) is 9.47 Å². The average Bonchev–Trinajstić information content (AvgIpc) is 2.92. The number of carboxylic acids is 1. The molecule has 36 heavy (non-hydrogen) atoms. The fraction of sp³-hybridized carbons (Fsp3) is 0.133. The van der Waals surface area contributed by atoms with Crippen molar-refractivity contribution in [3.63, 3.8) is 0 Å². The summed E-state index contributed by atoms with van der Waals surface area (Å²) < 4.78 is 11.7. The second kappa shape index (κ2) is 12.2. The first kappa shape index (κ1) is 24.5. The topological polar surface area (TPSA) is 84.9 Å². The van der Waals surface area contributed by atoms with E-state index < -0.39 is 17.9 Å². The molecule has 0 radical (unpaired) electrons. The summed E-state index contributed by atoms with van der Waals surface area (Å²) in [7, 11) is 0. The summed E-state index contributed by atoms with van der Waals surface area (Å²) in [4.78, 5) is 24.7. The zero-order chi connectivity index (χ0) is 25.2. The van der Waals surface area contributed by atoms with Crippen molar-refractivity contribution in [2.75, 3.05) is 0 Å². The number of rotatable bonds is 11. The molecule has 0 heterocycles. The van der Waals surface area contributed by atoms with Gasteiger partial charge in [0.2, 0.25) is 0 Å². The van der Waals surface area contributed by atoms with Gasteiger partial charge in [-0.25, -0.2) is 4.79 Å². The summed E-state index contributed by atoms with van der Waals surface area (Å²) in [6.07, 6.45) is 0.0876. The molecule has 4 aromatic rings. The van der Waals surface area contributed by atoms with Crippen LogP contribution in [-0.4, -0.2) is 23.0 Å². The van der Waals surface area contributed by atoms with Gasteiger partial charge >= 0.3 is 5.97 Å². The van der Waals surface area contributed by atoms with E-state index in [1.165, 1.54) is 0 Å². The molecule has 0 aliphatic carbocycles. The molecule has 0 aromatic heterocycles. The van der Waals surface area contributed by atoms with Crippen LogP contribution in [0.5, 0.6) is 11.5 Å². The van der Waals surface area contributed by atoms with Crippen molar-refractivity contribution >= 4 is 11.9 Å². The summed E-state index contributed by atoms with van der Waals surface area (Å²) in [5.41, 5.74) is 3.09. The fourth-order valence-corrected chi connectivity index (χ4v) is 3.65. The minimum absolute atomic E-state index is 0.0876. The lowest BCUT2D eigenvalue weighted by molar-refractivity contribution is -0.139. The molecule has 1 atom stereocenters. The highest BCUT2D eigenvalue weighted by Crippen LogP contribution is 2.22. The SMILES string of the molecule is O=C(N[C@@H](Cc1ccccc1OCc1ccccc1)C(=O)O)c1ccc(OCc2ccccc2)cc1. The van der Waals surface area contributed by atoms with Gasteiger partial charge in [-0.1, -0.05) is 78.9 Å². The number of carbonyl (C=O) groups is 2. The van der Waals surface area contributed by atoms with Gasteiger partial charge in [0.15, 0.2) is 0 Å². The first-order valence-corrected chi connectivity index (χ1v) is 11.6. The van der Waals surface area contributed by atoms with Crippen molar-refractivity contribution in [2.45, 2.75) is 25.7 Å². The number of carboxylic acid groups (broad SMARTS) is 1. The van der Waals surface area contributed by atoms with Gasteiger partial charge in [0.25, 0.3) is 5.91 Å². The summed E-state index contributed by atoms with van der Waals surface area (Å²) >= 11 is 0. The molecular formula is C30H27NO5. The van der Waals surface area contributed by atoms with Crippen LogP contribution >= 0.6 is 0 Å². The molecule has 6 nitrogen and oxygen atoms in total. The second-order valence-corrected chi connectivity index (χ2v) is 8.25. The number of ether oxygens (including phenoxy) is 2. The van der Waals surface area contributed by atoms with Crippen LogP contribution < -0.4 is 14.8 Å². The monoisotopic (exact) mass is 481 g/mol. The van der Waals surface area contributed by atoms with Crippen LogP contribution in [-0.2, 0) is 24.4 Å². The first-order valence-electron chi connectivity index (χ1n) is 11.6. The Morgan fingerprint density at radius 2 is 1.25 bits per heavy atom. The molecule has 1 amide bonds. The van der Waals surface area contributed by atoms with Crippen LogP contribution in [0.4, 0.5) is 0 Å². The van der Waals surface area contributed by atoms with Crippen LogP contribution in [0.2, 0.25) is 0 Å². The van der Waals surface area contributed by atoms with Crippen molar-refractivity contribution in [3.8, 4) is 11.5 Å². The average molecular weight is 482 g/mol. The van der Waals surface area contributed by atoms with Gasteiger partial charge in [-0.05, 0) is 47.0 Å². The van der Waals surface area contributed by atoms with Crippen LogP contribution in [0.15, 0.2) is 109 Å². The molecule has 0 aliphatic rings. The highest BCUT2D eigenvalue weighted by molar-refractivity contribution is 5.96. The van der Waals surface area contributed by atoms with Gasteiger partial charge in [-0.2, -0.15) is 0 Å². The molecule has 4 rings (SSSR count). The molecular weight excluding hydrogens is 454 g/mol. The lowest BCUT2D eigenvalue weighted by Gasteiger charge is -2.17. The van der Waals surface area contributed by atoms with E-state index >= 15 is 0 Å². The largest absolute Gasteiger partial charge is 0.489 e. The lowest BCUT2D eigenvalue weighted by Crippen LogP contribution is -2.42. The molecule has 0 saturated heterocycles. The Bertz CT molecular complexity index is 1270. The Morgan fingerprint density at radius 1 is 0.694 bits per heavy atom. The quantitative estimate of drug-likeness (QED) is 0.305. The predicted octanol–water partition coefficient (Wildman–Crippen LogP) is 5.27. The Morgan fingerprint density at radius 3 is 1.86 bits per heavy atom. The number of benzene rings is 4.